The second-order valence-corrected chi connectivity index (χ2v) is 36.4. The molecule has 0 aromatic rings. The van der Waals surface area contributed by atoms with Gasteiger partial charge in [-0.15, -0.1) is 0 Å². The van der Waals surface area contributed by atoms with E-state index in [2.05, 4.69) is 73.8 Å². The van der Waals surface area contributed by atoms with Crippen LogP contribution in [0.25, 0.3) is 0 Å². The Hall–Kier alpha value is 2.77. The molecule has 0 fully saturated rings. The summed E-state index contributed by atoms with van der Waals surface area (Å²) in [5.41, 5.74) is 0. The summed E-state index contributed by atoms with van der Waals surface area (Å²) in [6.07, 6.45) is 2.28. The molecule has 0 aromatic carbocycles. The first-order valence-electron chi connectivity index (χ1n) is 2.21. The topological polar surface area (TPSA) is 0 Å². The molecule has 0 aliphatic heterocycles. The number of unbranched alkanes of at least 4 members (excludes halogenated alkanes) is 1. The third kappa shape index (κ3) is 37.2. The molecule has 0 aliphatic rings. The predicted octanol–water partition coefficient (Wildman–Crippen LogP) is 4.28. The molecule has 0 nitrogen and oxygen atoms in total. The van der Waals surface area contributed by atoms with E-state index in [1.165, 1.54) is 6.42 Å². The van der Waals surface area contributed by atoms with Gasteiger partial charge in [-0.05, 0) is 0 Å². The van der Waals surface area contributed by atoms with Crippen molar-refractivity contribution in [2.75, 3.05) is 0 Å². The van der Waals surface area contributed by atoms with Crippen LogP contribution < -0.4 is 0 Å². The fraction of sp³-hybridized carbons (Fsp3) is 0.750. The van der Waals surface area contributed by atoms with Crippen LogP contribution >= 0.6 is 59.9 Å². The summed E-state index contributed by atoms with van der Waals surface area (Å²) in [5, 5.41) is 0. The van der Waals surface area contributed by atoms with Crippen LogP contribution in [0.1, 0.15) is 19.8 Å². The molecule has 0 saturated heterocycles. The molecule has 0 N–H and O–H groups in total. The van der Waals surface area contributed by atoms with Gasteiger partial charge < -0.3 is 6.92 Å². The van der Waals surface area contributed by atoms with Crippen molar-refractivity contribution in [2.45, 2.75) is 19.8 Å². The molecular formula is C4H9I3V-. The van der Waals surface area contributed by atoms with E-state index in [0.29, 0.717) is 0 Å². The zero-order chi connectivity index (χ0) is 6.99. The number of rotatable bonds is 1. The van der Waals surface area contributed by atoms with E-state index in [4.69, 9.17) is 0 Å². The van der Waals surface area contributed by atoms with Crippen molar-refractivity contribution in [1.82, 2.24) is 0 Å². The molecule has 4 heteroatoms. The van der Waals surface area contributed by atoms with Crippen LogP contribution in [-0.2, 0) is 4.92 Å². The van der Waals surface area contributed by atoms with Crippen LogP contribution in [0.2, 0.25) is 0 Å². The molecule has 0 aliphatic carbocycles. The van der Waals surface area contributed by atoms with Crippen molar-refractivity contribution in [3.05, 3.63) is 6.92 Å². The molecule has 0 aromatic heterocycles. The van der Waals surface area contributed by atoms with E-state index in [-0.39, 0.29) is 4.92 Å². The minimum atomic E-state index is -0.278. The van der Waals surface area contributed by atoms with E-state index < -0.39 is 0 Å². The second-order valence-electron chi connectivity index (χ2n) is 1.05. The Labute approximate surface area is 89.6 Å². The van der Waals surface area contributed by atoms with Crippen molar-refractivity contribution >= 4 is 59.9 Å². The Kier molecular flexibility index (Phi) is 20.8. The van der Waals surface area contributed by atoms with Gasteiger partial charge in [-0.1, -0.05) is 13.3 Å². The summed E-state index contributed by atoms with van der Waals surface area (Å²) < 4.78 is 0. The zero-order valence-electron chi connectivity index (χ0n) is 4.70. The summed E-state index contributed by atoms with van der Waals surface area (Å²) in [6.45, 7) is 5.72. The summed E-state index contributed by atoms with van der Waals surface area (Å²) in [7, 11) is 0. The number of hydrogen-bond acceptors (Lipinski definition) is 0. The molecule has 0 radical (unpaired) electrons. The SMILES string of the molecule is [CH2-]CCC.[I][V]([I])[I]. The third-order valence-electron chi connectivity index (χ3n) is 0.354. The van der Waals surface area contributed by atoms with Gasteiger partial charge in [-0.25, -0.2) is 0 Å². The van der Waals surface area contributed by atoms with E-state index in [0.717, 1.165) is 6.42 Å². The monoisotopic (exact) mass is 489 g/mol. The first-order chi connectivity index (χ1) is 3.65. The Morgan fingerprint density at radius 2 is 1.50 bits per heavy atom. The quantitative estimate of drug-likeness (QED) is 0.382. The fourth-order valence-electron chi connectivity index (χ4n) is 0. The van der Waals surface area contributed by atoms with Gasteiger partial charge in [0, 0.05) is 0 Å². The predicted molar refractivity (Wildman–Crippen MR) is 62.3 cm³/mol. The van der Waals surface area contributed by atoms with Crippen LogP contribution in [0.5, 0.6) is 0 Å². The van der Waals surface area contributed by atoms with Crippen LogP contribution in [0, 0.1) is 6.92 Å². The van der Waals surface area contributed by atoms with Gasteiger partial charge in [-0.2, -0.15) is 6.42 Å². The van der Waals surface area contributed by atoms with Crippen LogP contribution in [0.3, 0.4) is 0 Å². The molecular weight excluding hydrogens is 480 g/mol. The maximum absolute atomic E-state index is 3.60. The maximum atomic E-state index is 3.60. The average Bonchev–Trinajstić information content (AvgIpc) is 1.65. The summed E-state index contributed by atoms with van der Waals surface area (Å²) >= 11 is 7.39. The summed E-state index contributed by atoms with van der Waals surface area (Å²) in [5.74, 6) is 0. The minimum absolute atomic E-state index is 0.278. The normalized spacial score (nSPS) is 8.25. The molecule has 0 unspecified atom stereocenters. The van der Waals surface area contributed by atoms with Crippen LogP contribution in [-0.4, -0.2) is 0 Å². The van der Waals surface area contributed by atoms with E-state index in [1.54, 1.807) is 0 Å². The van der Waals surface area contributed by atoms with Crippen molar-refractivity contribution in [3.63, 3.8) is 0 Å². The van der Waals surface area contributed by atoms with Crippen molar-refractivity contribution in [2.24, 2.45) is 0 Å². The van der Waals surface area contributed by atoms with E-state index in [1.807, 2.05) is 0 Å². The van der Waals surface area contributed by atoms with Gasteiger partial charge in [0.1, 0.15) is 0 Å². The first kappa shape index (κ1) is 13.4. The average molecular weight is 489 g/mol. The van der Waals surface area contributed by atoms with Gasteiger partial charge in [0.05, 0.1) is 0 Å². The third-order valence-corrected chi connectivity index (χ3v) is 0.354. The van der Waals surface area contributed by atoms with Crippen molar-refractivity contribution in [3.8, 4) is 0 Å². The molecule has 0 heterocycles. The Balaban J connectivity index is 0. The molecule has 0 saturated carbocycles. The Morgan fingerprint density at radius 3 is 1.50 bits per heavy atom. The molecule has 52 valence electrons. The second kappa shape index (κ2) is 12.5. The van der Waals surface area contributed by atoms with Gasteiger partial charge in [0.25, 0.3) is 0 Å². The standard InChI is InChI=1S/C4H9.3HI.V/c1-3-4-2;;;;/h1,3-4H2,2H3;3*1H;/q-1;;;;+3/p-3. The van der Waals surface area contributed by atoms with E-state index >= 15 is 0 Å². The molecule has 8 heavy (non-hydrogen) atoms. The van der Waals surface area contributed by atoms with Crippen LogP contribution in [0.15, 0.2) is 0 Å². The first-order valence-corrected chi connectivity index (χ1v) is 15.7. The summed E-state index contributed by atoms with van der Waals surface area (Å²) in [6, 6.07) is 0. The Morgan fingerprint density at radius 1 is 1.38 bits per heavy atom. The zero-order valence-corrected chi connectivity index (χ0v) is 12.6. The molecule has 0 rings (SSSR count). The molecule has 0 bridgehead atoms. The van der Waals surface area contributed by atoms with Crippen molar-refractivity contribution in [1.29, 1.82) is 0 Å². The van der Waals surface area contributed by atoms with Gasteiger partial charge in [-0.3, -0.25) is 0 Å². The summed E-state index contributed by atoms with van der Waals surface area (Å²) in [4.78, 5) is -0.278. The van der Waals surface area contributed by atoms with Gasteiger partial charge >= 0.3 is 64.9 Å². The van der Waals surface area contributed by atoms with Gasteiger partial charge in [0.15, 0.2) is 0 Å². The molecule has 0 amide bonds. The molecule has 0 atom stereocenters. The van der Waals surface area contributed by atoms with Gasteiger partial charge in [0.2, 0.25) is 0 Å². The number of halogens is 3. The Bertz CT molecular complexity index is 27.7. The fourth-order valence-corrected chi connectivity index (χ4v) is 0. The van der Waals surface area contributed by atoms with E-state index in [9.17, 15) is 0 Å². The van der Waals surface area contributed by atoms with Crippen molar-refractivity contribution < 1.29 is 4.92 Å². The number of hydrogen-bond donors (Lipinski definition) is 0. The molecule has 0 spiro atoms. The van der Waals surface area contributed by atoms with Crippen LogP contribution in [0.4, 0.5) is 0 Å².